The Bertz CT molecular complexity index is 471. The van der Waals surface area contributed by atoms with Crippen LogP contribution in [0.15, 0.2) is 23.4 Å². The van der Waals surface area contributed by atoms with Crippen molar-refractivity contribution in [3.05, 3.63) is 28.8 Å². The average Bonchev–Trinajstić information content (AvgIpc) is 2.40. The number of oxime groups is 1. The molecule has 0 aliphatic rings. The SMILES string of the molecule is COCC(=O)N(c1c(C)cccc1Cl)C(C)C=NOC. The fourth-order valence-electron chi connectivity index (χ4n) is 1.89. The summed E-state index contributed by atoms with van der Waals surface area (Å²) in [7, 11) is 2.93. The summed E-state index contributed by atoms with van der Waals surface area (Å²) in [6, 6.07) is 5.18. The van der Waals surface area contributed by atoms with E-state index in [-0.39, 0.29) is 18.6 Å². The zero-order valence-electron chi connectivity index (χ0n) is 12.1. The van der Waals surface area contributed by atoms with E-state index in [1.54, 1.807) is 11.0 Å². The second-order valence-electron chi connectivity index (χ2n) is 4.28. The Morgan fingerprint density at radius 1 is 1.50 bits per heavy atom. The van der Waals surface area contributed by atoms with Gasteiger partial charge in [-0.05, 0) is 25.5 Å². The topological polar surface area (TPSA) is 51.1 Å². The maximum absolute atomic E-state index is 12.3. The molecule has 110 valence electrons. The smallest absolute Gasteiger partial charge is 0.253 e. The first-order valence-corrected chi connectivity index (χ1v) is 6.53. The van der Waals surface area contributed by atoms with E-state index in [4.69, 9.17) is 16.3 Å². The van der Waals surface area contributed by atoms with Crippen LogP contribution < -0.4 is 4.90 Å². The minimum absolute atomic E-state index is 0.0319. The van der Waals surface area contributed by atoms with Crippen molar-refractivity contribution >= 4 is 29.4 Å². The van der Waals surface area contributed by atoms with Crippen LogP contribution in [0.25, 0.3) is 0 Å². The molecule has 6 heteroatoms. The van der Waals surface area contributed by atoms with E-state index in [1.807, 2.05) is 26.0 Å². The molecule has 0 saturated heterocycles. The first-order chi connectivity index (χ1) is 9.52. The van der Waals surface area contributed by atoms with E-state index >= 15 is 0 Å². The lowest BCUT2D eigenvalue weighted by atomic mass is 10.1. The molecule has 1 aromatic carbocycles. The summed E-state index contributed by atoms with van der Waals surface area (Å²) < 4.78 is 4.93. The second-order valence-corrected chi connectivity index (χ2v) is 4.69. The molecule has 0 aliphatic heterocycles. The molecule has 0 aliphatic carbocycles. The molecule has 1 amide bonds. The Balaban J connectivity index is 3.23. The Kier molecular flexibility index (Phi) is 6.48. The van der Waals surface area contributed by atoms with Crippen molar-refractivity contribution in [2.45, 2.75) is 19.9 Å². The standard InChI is InChI=1S/C14H19ClN2O3/c1-10-6-5-7-12(15)14(10)17(13(18)9-19-3)11(2)8-16-20-4/h5-8,11H,9H2,1-4H3. The number of ether oxygens (including phenoxy) is 1. The number of hydrogen-bond acceptors (Lipinski definition) is 4. The number of aryl methyl sites for hydroxylation is 1. The van der Waals surface area contributed by atoms with Crippen LogP contribution in [0.4, 0.5) is 5.69 Å². The fourth-order valence-corrected chi connectivity index (χ4v) is 2.21. The number of nitrogens with zero attached hydrogens (tertiary/aromatic N) is 2. The summed E-state index contributed by atoms with van der Waals surface area (Å²) >= 11 is 6.24. The van der Waals surface area contributed by atoms with Gasteiger partial charge in [0.15, 0.2) is 0 Å². The highest BCUT2D eigenvalue weighted by Gasteiger charge is 2.24. The van der Waals surface area contributed by atoms with E-state index in [0.717, 1.165) is 5.56 Å². The number of methoxy groups -OCH3 is 1. The minimum Gasteiger partial charge on any atom is -0.399 e. The number of benzene rings is 1. The van der Waals surface area contributed by atoms with E-state index < -0.39 is 0 Å². The molecule has 1 unspecified atom stereocenters. The third kappa shape index (κ3) is 3.95. The zero-order valence-corrected chi connectivity index (χ0v) is 12.8. The molecule has 0 heterocycles. The summed E-state index contributed by atoms with van der Waals surface area (Å²) in [5.74, 6) is -0.196. The highest BCUT2D eigenvalue weighted by atomic mass is 35.5. The molecule has 1 aromatic rings. The Hall–Kier alpha value is -1.59. The maximum Gasteiger partial charge on any atom is 0.253 e. The number of hydrogen-bond donors (Lipinski definition) is 0. The molecule has 0 spiro atoms. The van der Waals surface area contributed by atoms with Crippen LogP contribution in [0.3, 0.4) is 0 Å². The molecule has 0 N–H and O–H groups in total. The van der Waals surface area contributed by atoms with Crippen molar-refractivity contribution in [3.63, 3.8) is 0 Å². The average molecular weight is 299 g/mol. The molecule has 20 heavy (non-hydrogen) atoms. The third-order valence-electron chi connectivity index (χ3n) is 2.76. The van der Waals surface area contributed by atoms with Gasteiger partial charge in [-0.3, -0.25) is 4.79 Å². The van der Waals surface area contributed by atoms with Crippen molar-refractivity contribution in [1.82, 2.24) is 0 Å². The Labute approximate surface area is 124 Å². The van der Waals surface area contributed by atoms with Gasteiger partial charge in [0.1, 0.15) is 13.7 Å². The van der Waals surface area contributed by atoms with Crippen LogP contribution in [-0.2, 0) is 14.4 Å². The summed E-state index contributed by atoms with van der Waals surface area (Å²) in [5, 5.41) is 4.22. The Morgan fingerprint density at radius 3 is 2.75 bits per heavy atom. The number of amides is 1. The molecular weight excluding hydrogens is 280 g/mol. The maximum atomic E-state index is 12.3. The molecule has 0 aromatic heterocycles. The molecule has 5 nitrogen and oxygen atoms in total. The number of rotatable bonds is 6. The highest BCUT2D eigenvalue weighted by molar-refractivity contribution is 6.34. The lowest BCUT2D eigenvalue weighted by Crippen LogP contribution is -2.42. The first-order valence-electron chi connectivity index (χ1n) is 6.15. The van der Waals surface area contributed by atoms with Gasteiger partial charge in [0.25, 0.3) is 5.91 Å². The normalized spacial score (nSPS) is 12.4. The summed E-state index contributed by atoms with van der Waals surface area (Å²) in [6.07, 6.45) is 1.54. The summed E-state index contributed by atoms with van der Waals surface area (Å²) in [6.45, 7) is 3.70. The molecule has 0 bridgehead atoms. The van der Waals surface area contributed by atoms with Gasteiger partial charge in [-0.2, -0.15) is 0 Å². The molecule has 0 saturated carbocycles. The van der Waals surface area contributed by atoms with Gasteiger partial charge >= 0.3 is 0 Å². The molecule has 1 atom stereocenters. The predicted octanol–water partition coefficient (Wildman–Crippen LogP) is 2.65. The lowest BCUT2D eigenvalue weighted by molar-refractivity contribution is -0.122. The molecule has 0 fully saturated rings. The first kappa shape index (κ1) is 16.5. The van der Waals surface area contributed by atoms with Crippen molar-refractivity contribution in [3.8, 4) is 0 Å². The van der Waals surface area contributed by atoms with E-state index in [1.165, 1.54) is 20.4 Å². The molecular formula is C14H19ClN2O3. The largest absolute Gasteiger partial charge is 0.399 e. The summed E-state index contributed by atoms with van der Waals surface area (Å²) in [5.41, 5.74) is 1.56. The van der Waals surface area contributed by atoms with Gasteiger partial charge in [0, 0.05) is 7.11 Å². The monoisotopic (exact) mass is 298 g/mol. The zero-order chi connectivity index (χ0) is 15.1. The van der Waals surface area contributed by atoms with Crippen LogP contribution in [0.1, 0.15) is 12.5 Å². The van der Waals surface area contributed by atoms with Gasteiger partial charge in [-0.1, -0.05) is 28.9 Å². The second kappa shape index (κ2) is 7.87. The van der Waals surface area contributed by atoms with Gasteiger partial charge in [-0.15, -0.1) is 0 Å². The van der Waals surface area contributed by atoms with Crippen molar-refractivity contribution in [1.29, 1.82) is 0 Å². The van der Waals surface area contributed by atoms with Crippen LogP contribution in [-0.4, -0.2) is 39.0 Å². The highest BCUT2D eigenvalue weighted by Crippen LogP contribution is 2.30. The lowest BCUT2D eigenvalue weighted by Gasteiger charge is -2.28. The van der Waals surface area contributed by atoms with E-state index in [0.29, 0.717) is 10.7 Å². The van der Waals surface area contributed by atoms with Gasteiger partial charge in [0.2, 0.25) is 0 Å². The van der Waals surface area contributed by atoms with E-state index in [9.17, 15) is 4.79 Å². The van der Waals surface area contributed by atoms with Crippen LogP contribution in [0, 0.1) is 6.92 Å². The molecule has 0 radical (unpaired) electrons. The fraction of sp³-hybridized carbons (Fsp3) is 0.429. The predicted molar refractivity (Wildman–Crippen MR) is 80.5 cm³/mol. The Morgan fingerprint density at radius 2 is 2.20 bits per heavy atom. The van der Waals surface area contributed by atoms with Crippen LogP contribution >= 0.6 is 11.6 Å². The quantitative estimate of drug-likeness (QED) is 0.599. The van der Waals surface area contributed by atoms with Crippen molar-refractivity contribution in [2.24, 2.45) is 5.16 Å². The van der Waals surface area contributed by atoms with Crippen molar-refractivity contribution in [2.75, 3.05) is 25.7 Å². The number of carbonyl (C=O) groups is 1. The van der Waals surface area contributed by atoms with Crippen LogP contribution in [0.2, 0.25) is 5.02 Å². The third-order valence-corrected chi connectivity index (χ3v) is 3.06. The van der Waals surface area contributed by atoms with Crippen LogP contribution in [0.5, 0.6) is 0 Å². The van der Waals surface area contributed by atoms with Crippen molar-refractivity contribution < 1.29 is 14.4 Å². The number of halogens is 1. The van der Waals surface area contributed by atoms with E-state index in [2.05, 4.69) is 9.99 Å². The minimum atomic E-state index is -0.309. The van der Waals surface area contributed by atoms with Gasteiger partial charge < -0.3 is 14.5 Å². The van der Waals surface area contributed by atoms with Gasteiger partial charge in [0.05, 0.1) is 23.0 Å². The summed E-state index contributed by atoms with van der Waals surface area (Å²) in [4.78, 5) is 18.5. The number of para-hydroxylation sites is 1. The number of carbonyl (C=O) groups excluding carboxylic acids is 1. The molecule has 1 rings (SSSR count). The van der Waals surface area contributed by atoms with Gasteiger partial charge in [-0.25, -0.2) is 0 Å². The number of anilines is 1.